The van der Waals surface area contributed by atoms with Crippen molar-refractivity contribution in [3.63, 3.8) is 0 Å². The fraction of sp³-hybridized carbons (Fsp3) is 0.333. The maximum absolute atomic E-state index is 12.8. The Morgan fingerprint density at radius 1 is 1.15 bits per heavy atom. The molecule has 1 saturated heterocycles. The average Bonchev–Trinajstić information content (AvgIpc) is 3.16. The molecule has 2 aromatic carbocycles. The molecule has 1 aliphatic heterocycles. The van der Waals surface area contributed by atoms with Crippen LogP contribution in [-0.2, 0) is 0 Å². The Bertz CT molecular complexity index is 1350. The number of nitrogens with zero attached hydrogens (tertiary/aromatic N) is 4. The molecular weight excluding hydrogens is 418 g/mol. The van der Waals surface area contributed by atoms with Crippen LogP contribution >= 0.6 is 0 Å². The van der Waals surface area contributed by atoms with E-state index in [-0.39, 0.29) is 17.1 Å². The number of rotatable bonds is 6. The summed E-state index contributed by atoms with van der Waals surface area (Å²) in [5.41, 5.74) is 8.78. The van der Waals surface area contributed by atoms with Crippen LogP contribution in [0.25, 0.3) is 27.5 Å². The van der Waals surface area contributed by atoms with Crippen molar-refractivity contribution < 1.29 is 5.11 Å². The number of nitrogens with two attached hydrogens (primary N) is 1. The number of H-pyrrole nitrogens is 1. The quantitative estimate of drug-likeness (QED) is 0.335. The van der Waals surface area contributed by atoms with Gasteiger partial charge >= 0.3 is 0 Å². The van der Waals surface area contributed by atoms with Crippen LogP contribution in [0.5, 0.6) is 5.75 Å². The lowest BCUT2D eigenvalue weighted by Gasteiger charge is -2.32. The Balaban J connectivity index is 1.36. The fourth-order valence-electron chi connectivity index (χ4n) is 4.42. The van der Waals surface area contributed by atoms with Crippen molar-refractivity contribution in [3.8, 4) is 11.4 Å². The standard InChI is InChI=1S/C24H29N7O2/c1-29-10-12-30(13-11-29)9-3-8-26-16-6-7-19-20(14-16)27-24(33)21-22(19)28-31(23(21)25)17-4-2-5-18(32)15-17/h2,4-7,14-15,26,32H,3,8-13,25H2,1H3,(H,27,33). The van der Waals surface area contributed by atoms with Gasteiger partial charge in [-0.15, -0.1) is 0 Å². The molecule has 0 bridgehead atoms. The molecule has 33 heavy (non-hydrogen) atoms. The highest BCUT2D eigenvalue weighted by Gasteiger charge is 2.17. The fourth-order valence-corrected chi connectivity index (χ4v) is 4.42. The number of piperazine rings is 1. The van der Waals surface area contributed by atoms with E-state index in [2.05, 4.69) is 32.2 Å². The summed E-state index contributed by atoms with van der Waals surface area (Å²) in [6.45, 7) is 6.46. The molecule has 1 fully saturated rings. The molecule has 9 heteroatoms. The molecule has 172 valence electrons. The van der Waals surface area contributed by atoms with Gasteiger partial charge in [0.2, 0.25) is 0 Å². The van der Waals surface area contributed by atoms with Crippen LogP contribution in [0.15, 0.2) is 47.3 Å². The number of aromatic amines is 1. The summed E-state index contributed by atoms with van der Waals surface area (Å²) in [6, 6.07) is 12.5. The Kier molecular flexibility index (Phi) is 5.65. The predicted octanol–water partition coefficient (Wildman–Crippen LogP) is 2.20. The Hall–Kier alpha value is -3.56. The van der Waals surface area contributed by atoms with Crippen molar-refractivity contribution in [2.75, 3.05) is 57.4 Å². The molecule has 5 N–H and O–H groups in total. The number of phenolic OH excluding ortho intramolecular Hbond substituents is 1. The number of hydrogen-bond donors (Lipinski definition) is 4. The molecule has 3 heterocycles. The van der Waals surface area contributed by atoms with Crippen LogP contribution in [0.3, 0.4) is 0 Å². The first kappa shape index (κ1) is 21.3. The van der Waals surface area contributed by atoms with Gasteiger partial charge in [0.05, 0.1) is 11.2 Å². The summed E-state index contributed by atoms with van der Waals surface area (Å²) in [6.07, 6.45) is 1.06. The number of nitrogen functional groups attached to an aromatic ring is 1. The number of benzene rings is 2. The molecule has 0 spiro atoms. The maximum atomic E-state index is 12.8. The molecule has 0 saturated carbocycles. The van der Waals surface area contributed by atoms with E-state index in [0.717, 1.165) is 56.8 Å². The lowest BCUT2D eigenvalue weighted by Crippen LogP contribution is -2.44. The van der Waals surface area contributed by atoms with Gasteiger partial charge in [0.1, 0.15) is 22.5 Å². The average molecular weight is 448 g/mol. The minimum absolute atomic E-state index is 0.105. The second-order valence-corrected chi connectivity index (χ2v) is 8.68. The van der Waals surface area contributed by atoms with Gasteiger partial charge in [0, 0.05) is 49.9 Å². The highest BCUT2D eigenvalue weighted by molar-refractivity contribution is 6.07. The van der Waals surface area contributed by atoms with E-state index in [9.17, 15) is 9.90 Å². The number of pyridine rings is 1. The number of anilines is 2. The first-order valence-corrected chi connectivity index (χ1v) is 11.3. The first-order valence-electron chi connectivity index (χ1n) is 11.3. The summed E-state index contributed by atoms with van der Waals surface area (Å²) in [5, 5.41) is 19.0. The normalized spacial score (nSPS) is 15.4. The molecule has 0 radical (unpaired) electrons. The highest BCUT2D eigenvalue weighted by atomic mass is 16.3. The molecule has 0 atom stereocenters. The Labute approximate surface area is 191 Å². The monoisotopic (exact) mass is 447 g/mol. The van der Waals surface area contributed by atoms with Crippen LogP contribution in [0, 0.1) is 0 Å². The number of aromatic hydroxyl groups is 1. The largest absolute Gasteiger partial charge is 0.508 e. The minimum Gasteiger partial charge on any atom is -0.508 e. The molecule has 0 amide bonds. The third-order valence-electron chi connectivity index (χ3n) is 6.32. The van der Waals surface area contributed by atoms with Gasteiger partial charge in [-0.05, 0) is 50.3 Å². The summed E-state index contributed by atoms with van der Waals surface area (Å²) in [4.78, 5) is 20.6. The predicted molar refractivity (Wildman–Crippen MR) is 132 cm³/mol. The number of fused-ring (bicyclic) bond motifs is 3. The van der Waals surface area contributed by atoms with E-state index in [1.165, 1.54) is 4.68 Å². The van der Waals surface area contributed by atoms with Crippen LogP contribution in [-0.4, -0.2) is 76.0 Å². The van der Waals surface area contributed by atoms with E-state index in [0.29, 0.717) is 22.1 Å². The van der Waals surface area contributed by atoms with Crippen LogP contribution in [0.1, 0.15) is 6.42 Å². The van der Waals surface area contributed by atoms with Crippen LogP contribution in [0.2, 0.25) is 0 Å². The van der Waals surface area contributed by atoms with Crippen molar-refractivity contribution in [1.29, 1.82) is 0 Å². The summed E-state index contributed by atoms with van der Waals surface area (Å²) in [7, 11) is 2.17. The van der Waals surface area contributed by atoms with Crippen molar-refractivity contribution in [1.82, 2.24) is 24.6 Å². The Morgan fingerprint density at radius 3 is 2.76 bits per heavy atom. The van der Waals surface area contributed by atoms with Gasteiger partial charge in [0.25, 0.3) is 5.56 Å². The van der Waals surface area contributed by atoms with E-state index >= 15 is 0 Å². The SMILES string of the molecule is CN1CCN(CCCNc2ccc3c(c2)[nH]c(=O)c2c(N)n(-c4cccc(O)c4)nc23)CC1. The van der Waals surface area contributed by atoms with Gasteiger partial charge in [-0.3, -0.25) is 4.79 Å². The van der Waals surface area contributed by atoms with Gasteiger partial charge in [-0.25, -0.2) is 4.68 Å². The van der Waals surface area contributed by atoms with Gasteiger partial charge < -0.3 is 30.9 Å². The lowest BCUT2D eigenvalue weighted by molar-refractivity contribution is 0.154. The Morgan fingerprint density at radius 2 is 1.97 bits per heavy atom. The number of aromatic nitrogens is 3. The van der Waals surface area contributed by atoms with Crippen molar-refractivity contribution in [2.45, 2.75) is 6.42 Å². The number of likely N-dealkylation sites (N-methyl/N-ethyl adjacent to an activating group) is 1. The summed E-state index contributed by atoms with van der Waals surface area (Å²) in [5.74, 6) is 0.346. The van der Waals surface area contributed by atoms with Crippen molar-refractivity contribution in [3.05, 3.63) is 52.8 Å². The first-order chi connectivity index (χ1) is 16.0. The molecule has 0 unspecified atom stereocenters. The number of phenols is 1. The molecule has 1 aliphatic rings. The van der Waals surface area contributed by atoms with Crippen LogP contribution < -0.4 is 16.6 Å². The van der Waals surface area contributed by atoms with E-state index in [1.807, 2.05) is 18.2 Å². The van der Waals surface area contributed by atoms with Crippen LogP contribution in [0.4, 0.5) is 11.5 Å². The van der Waals surface area contributed by atoms with Gasteiger partial charge in [0.15, 0.2) is 0 Å². The van der Waals surface area contributed by atoms with Gasteiger partial charge in [-0.2, -0.15) is 5.10 Å². The lowest BCUT2D eigenvalue weighted by atomic mass is 10.1. The maximum Gasteiger partial charge on any atom is 0.261 e. The highest BCUT2D eigenvalue weighted by Crippen LogP contribution is 2.28. The van der Waals surface area contributed by atoms with Gasteiger partial charge in [-0.1, -0.05) is 6.07 Å². The summed E-state index contributed by atoms with van der Waals surface area (Å²) >= 11 is 0. The second kappa shape index (κ2) is 8.76. The summed E-state index contributed by atoms with van der Waals surface area (Å²) < 4.78 is 1.49. The molecule has 5 rings (SSSR count). The molecule has 4 aromatic rings. The second-order valence-electron chi connectivity index (χ2n) is 8.68. The zero-order chi connectivity index (χ0) is 22.9. The van der Waals surface area contributed by atoms with E-state index in [1.54, 1.807) is 24.3 Å². The van der Waals surface area contributed by atoms with E-state index in [4.69, 9.17) is 5.73 Å². The molecular formula is C24H29N7O2. The van der Waals surface area contributed by atoms with Crippen molar-refractivity contribution >= 4 is 33.3 Å². The molecule has 2 aromatic heterocycles. The topological polar surface area (TPSA) is 115 Å². The minimum atomic E-state index is -0.284. The number of nitrogens with one attached hydrogen (secondary N) is 2. The zero-order valence-corrected chi connectivity index (χ0v) is 18.7. The van der Waals surface area contributed by atoms with Crippen molar-refractivity contribution in [2.24, 2.45) is 0 Å². The molecule has 0 aliphatic carbocycles. The third-order valence-corrected chi connectivity index (χ3v) is 6.32. The molecule has 9 nitrogen and oxygen atoms in total. The zero-order valence-electron chi connectivity index (χ0n) is 18.7. The third kappa shape index (κ3) is 4.24. The number of hydrogen-bond acceptors (Lipinski definition) is 7. The van der Waals surface area contributed by atoms with E-state index < -0.39 is 0 Å². The smallest absolute Gasteiger partial charge is 0.261 e.